The molecule has 17 heavy (non-hydrogen) atoms. The van der Waals surface area contributed by atoms with Crippen LogP contribution in [0.3, 0.4) is 0 Å². The first-order valence-electron chi connectivity index (χ1n) is 5.30. The lowest BCUT2D eigenvalue weighted by molar-refractivity contribution is 0.564. The van der Waals surface area contributed by atoms with E-state index in [4.69, 9.17) is 10.2 Å². The first kappa shape index (κ1) is 9.77. The number of H-pyrrole nitrogens is 1. The van der Waals surface area contributed by atoms with Crippen molar-refractivity contribution in [3.05, 3.63) is 42.5 Å². The highest BCUT2D eigenvalue weighted by molar-refractivity contribution is 5.88. The van der Waals surface area contributed by atoms with Crippen LogP contribution in [0.5, 0.6) is 0 Å². The predicted molar refractivity (Wildman–Crippen MR) is 66.5 cm³/mol. The zero-order valence-corrected chi connectivity index (χ0v) is 9.10. The Bertz CT molecular complexity index is 627. The number of fused-ring (bicyclic) bond motifs is 1. The smallest absolute Gasteiger partial charge is 0.0952 e. The number of nitrogen functional groups attached to an aromatic ring is 1. The zero-order chi connectivity index (χ0) is 11.7. The number of hydrogen-bond acceptors (Lipinski definition) is 4. The maximum absolute atomic E-state index is 5.96. The van der Waals surface area contributed by atoms with Gasteiger partial charge in [0.05, 0.1) is 35.6 Å². The Balaban J connectivity index is 1.86. The van der Waals surface area contributed by atoms with E-state index >= 15 is 0 Å². The third kappa shape index (κ3) is 1.82. The standard InChI is InChI=1S/C12H12N4O/c13-10-3-9-6-15-16-11(9)4-12(10)14-5-8-1-2-17-7-8/h1-4,6-7,14H,5,13H2,(H,15,16). The molecule has 0 aliphatic carbocycles. The molecule has 2 heterocycles. The SMILES string of the molecule is Nc1cc2cn[nH]c2cc1NCc1ccoc1. The Kier molecular flexibility index (Phi) is 2.22. The number of furan rings is 1. The van der Waals surface area contributed by atoms with Crippen molar-refractivity contribution in [3.8, 4) is 0 Å². The van der Waals surface area contributed by atoms with Gasteiger partial charge in [-0.3, -0.25) is 5.10 Å². The second-order valence-corrected chi connectivity index (χ2v) is 3.88. The van der Waals surface area contributed by atoms with E-state index in [1.54, 1.807) is 18.7 Å². The molecule has 1 aromatic carbocycles. The van der Waals surface area contributed by atoms with Crippen molar-refractivity contribution in [2.45, 2.75) is 6.54 Å². The average Bonchev–Trinajstić information content (AvgIpc) is 2.95. The summed E-state index contributed by atoms with van der Waals surface area (Å²) in [6, 6.07) is 5.77. The molecular weight excluding hydrogens is 216 g/mol. The summed E-state index contributed by atoms with van der Waals surface area (Å²) in [6.45, 7) is 0.681. The average molecular weight is 228 g/mol. The normalized spacial score (nSPS) is 10.8. The molecule has 0 saturated heterocycles. The van der Waals surface area contributed by atoms with Crippen LogP contribution in [0.15, 0.2) is 41.3 Å². The molecule has 2 aromatic heterocycles. The van der Waals surface area contributed by atoms with Gasteiger partial charge < -0.3 is 15.5 Å². The second-order valence-electron chi connectivity index (χ2n) is 3.88. The number of hydrogen-bond donors (Lipinski definition) is 3. The van der Waals surface area contributed by atoms with Crippen molar-refractivity contribution in [1.82, 2.24) is 10.2 Å². The number of nitrogens with one attached hydrogen (secondary N) is 2. The van der Waals surface area contributed by atoms with E-state index in [1.165, 1.54) is 0 Å². The molecule has 0 aliphatic heterocycles. The largest absolute Gasteiger partial charge is 0.472 e. The second kappa shape index (κ2) is 3.86. The lowest BCUT2D eigenvalue weighted by Crippen LogP contribution is -2.01. The monoisotopic (exact) mass is 228 g/mol. The van der Waals surface area contributed by atoms with Gasteiger partial charge in [0.1, 0.15) is 0 Å². The highest BCUT2D eigenvalue weighted by Crippen LogP contribution is 2.25. The van der Waals surface area contributed by atoms with Crippen LogP contribution >= 0.6 is 0 Å². The predicted octanol–water partition coefficient (Wildman–Crippen LogP) is 2.35. The molecule has 0 amide bonds. The van der Waals surface area contributed by atoms with Crippen LogP contribution in [-0.2, 0) is 6.54 Å². The number of anilines is 2. The van der Waals surface area contributed by atoms with E-state index in [9.17, 15) is 0 Å². The summed E-state index contributed by atoms with van der Waals surface area (Å²) in [5, 5.41) is 11.2. The quantitative estimate of drug-likeness (QED) is 0.601. The van der Waals surface area contributed by atoms with Gasteiger partial charge >= 0.3 is 0 Å². The van der Waals surface area contributed by atoms with Gasteiger partial charge in [0.25, 0.3) is 0 Å². The fourth-order valence-corrected chi connectivity index (χ4v) is 1.75. The first-order chi connectivity index (χ1) is 8.33. The topological polar surface area (TPSA) is 79.9 Å². The summed E-state index contributed by atoms with van der Waals surface area (Å²) in [5.41, 5.74) is 9.60. The van der Waals surface area contributed by atoms with Crippen LogP contribution in [0.25, 0.3) is 10.9 Å². The Morgan fingerprint density at radius 1 is 1.41 bits per heavy atom. The molecule has 0 aliphatic rings. The van der Waals surface area contributed by atoms with Crippen molar-refractivity contribution in [2.75, 3.05) is 11.1 Å². The molecule has 5 heteroatoms. The number of nitrogens with zero attached hydrogens (tertiary/aromatic N) is 1. The van der Waals surface area contributed by atoms with E-state index in [0.29, 0.717) is 12.2 Å². The van der Waals surface area contributed by atoms with Crippen LogP contribution in [-0.4, -0.2) is 10.2 Å². The fourth-order valence-electron chi connectivity index (χ4n) is 1.75. The Labute approximate surface area is 97.6 Å². The van der Waals surface area contributed by atoms with E-state index in [1.807, 2.05) is 18.2 Å². The summed E-state index contributed by atoms with van der Waals surface area (Å²) in [7, 11) is 0. The lowest BCUT2D eigenvalue weighted by Gasteiger charge is -2.08. The van der Waals surface area contributed by atoms with E-state index in [-0.39, 0.29) is 0 Å². The first-order valence-corrected chi connectivity index (χ1v) is 5.30. The Morgan fingerprint density at radius 2 is 2.35 bits per heavy atom. The fraction of sp³-hybridized carbons (Fsp3) is 0.0833. The summed E-state index contributed by atoms with van der Waals surface area (Å²) >= 11 is 0. The van der Waals surface area contributed by atoms with Crippen LogP contribution in [0, 0.1) is 0 Å². The summed E-state index contributed by atoms with van der Waals surface area (Å²) in [5.74, 6) is 0. The van der Waals surface area contributed by atoms with Gasteiger partial charge in [0.2, 0.25) is 0 Å². The maximum atomic E-state index is 5.96. The van der Waals surface area contributed by atoms with Gasteiger partial charge in [-0.1, -0.05) is 0 Å². The van der Waals surface area contributed by atoms with Gasteiger partial charge in [0.15, 0.2) is 0 Å². The van der Waals surface area contributed by atoms with Gasteiger partial charge in [-0.15, -0.1) is 0 Å². The maximum Gasteiger partial charge on any atom is 0.0952 e. The molecular formula is C12H12N4O. The van der Waals surface area contributed by atoms with Crippen LogP contribution in [0.2, 0.25) is 0 Å². The minimum absolute atomic E-state index is 0.681. The number of nitrogens with two attached hydrogens (primary N) is 1. The van der Waals surface area contributed by atoms with Gasteiger partial charge in [0, 0.05) is 17.5 Å². The minimum Gasteiger partial charge on any atom is -0.472 e. The van der Waals surface area contributed by atoms with E-state index in [0.717, 1.165) is 22.2 Å². The molecule has 0 spiro atoms. The van der Waals surface area contributed by atoms with Crippen LogP contribution in [0.1, 0.15) is 5.56 Å². The molecule has 0 radical (unpaired) electrons. The van der Waals surface area contributed by atoms with Crippen molar-refractivity contribution >= 4 is 22.3 Å². The van der Waals surface area contributed by atoms with Gasteiger partial charge in [-0.05, 0) is 18.2 Å². The molecule has 0 atom stereocenters. The Hall–Kier alpha value is -2.43. The number of benzene rings is 1. The summed E-state index contributed by atoms with van der Waals surface area (Å²) in [4.78, 5) is 0. The highest BCUT2D eigenvalue weighted by atomic mass is 16.3. The molecule has 0 saturated carbocycles. The molecule has 3 rings (SSSR count). The molecule has 0 bridgehead atoms. The van der Waals surface area contributed by atoms with Crippen molar-refractivity contribution in [3.63, 3.8) is 0 Å². The number of aromatic amines is 1. The lowest BCUT2D eigenvalue weighted by atomic mass is 10.2. The molecule has 0 fully saturated rings. The molecule has 5 nitrogen and oxygen atoms in total. The van der Waals surface area contributed by atoms with Gasteiger partial charge in [-0.25, -0.2) is 0 Å². The number of rotatable bonds is 3. The molecule has 86 valence electrons. The molecule has 3 aromatic rings. The third-order valence-electron chi connectivity index (χ3n) is 2.67. The minimum atomic E-state index is 0.681. The van der Waals surface area contributed by atoms with Crippen molar-refractivity contribution in [1.29, 1.82) is 0 Å². The highest BCUT2D eigenvalue weighted by Gasteiger charge is 2.03. The molecule has 0 unspecified atom stereocenters. The van der Waals surface area contributed by atoms with E-state index in [2.05, 4.69) is 15.5 Å². The summed E-state index contributed by atoms with van der Waals surface area (Å²) < 4.78 is 5.00. The van der Waals surface area contributed by atoms with Crippen molar-refractivity contribution < 1.29 is 4.42 Å². The third-order valence-corrected chi connectivity index (χ3v) is 2.67. The number of aromatic nitrogens is 2. The molecule has 4 N–H and O–H groups in total. The zero-order valence-electron chi connectivity index (χ0n) is 9.10. The van der Waals surface area contributed by atoms with Crippen LogP contribution < -0.4 is 11.1 Å². The van der Waals surface area contributed by atoms with Crippen molar-refractivity contribution in [2.24, 2.45) is 0 Å². The van der Waals surface area contributed by atoms with Gasteiger partial charge in [-0.2, -0.15) is 5.10 Å². The van der Waals surface area contributed by atoms with E-state index < -0.39 is 0 Å². The van der Waals surface area contributed by atoms with Crippen LogP contribution in [0.4, 0.5) is 11.4 Å². The Morgan fingerprint density at radius 3 is 3.18 bits per heavy atom. The summed E-state index contributed by atoms with van der Waals surface area (Å²) in [6.07, 6.45) is 5.11.